The summed E-state index contributed by atoms with van der Waals surface area (Å²) in [5, 5.41) is 17.2. The number of aromatic nitrogens is 2. The molecule has 1 aromatic rings. The Balaban J connectivity index is 1.66. The Morgan fingerprint density at radius 2 is 2.33 bits per heavy atom. The van der Waals surface area contributed by atoms with E-state index in [2.05, 4.69) is 15.5 Å². The van der Waals surface area contributed by atoms with Crippen molar-refractivity contribution in [1.29, 1.82) is 0 Å². The average Bonchev–Trinajstić information content (AvgIpc) is 2.98. The van der Waals surface area contributed by atoms with Crippen LogP contribution < -0.4 is 5.32 Å². The summed E-state index contributed by atoms with van der Waals surface area (Å²) >= 11 is 0. The van der Waals surface area contributed by atoms with Gasteiger partial charge in [-0.1, -0.05) is 5.16 Å². The highest BCUT2D eigenvalue weighted by molar-refractivity contribution is 5.72. The number of rotatable bonds is 7. The number of nitrogens with one attached hydrogen (secondary N) is 1. The lowest BCUT2D eigenvalue weighted by atomic mass is 9.79. The first-order chi connectivity index (χ1) is 10.1. The average molecular weight is 297 g/mol. The molecule has 2 N–H and O–H groups in total. The molecule has 7 nitrogen and oxygen atoms in total. The maximum absolute atomic E-state index is 11.7. The van der Waals surface area contributed by atoms with Gasteiger partial charge in [-0.3, -0.25) is 4.79 Å². The van der Waals surface area contributed by atoms with Crippen molar-refractivity contribution in [2.75, 3.05) is 19.7 Å². The summed E-state index contributed by atoms with van der Waals surface area (Å²) in [6.45, 7) is 3.41. The molecule has 1 aliphatic rings. The highest BCUT2D eigenvalue weighted by Gasteiger charge is 2.35. The Hall–Kier alpha value is -1.47. The Labute approximate surface area is 124 Å². The number of aliphatic hydroxyl groups is 1. The standard InChI is InChI=1S/C14H23N3O4/c1-2-20-13(18)11-3-6-14(19,7-4-11)9-15-8-5-12-16-10-17-21-12/h10-11,15,19H,2-9H2,1H3. The molecule has 118 valence electrons. The van der Waals surface area contributed by atoms with Crippen molar-refractivity contribution in [3.63, 3.8) is 0 Å². The van der Waals surface area contributed by atoms with Gasteiger partial charge in [-0.15, -0.1) is 0 Å². The number of carbonyl (C=O) groups is 1. The van der Waals surface area contributed by atoms with Gasteiger partial charge in [0.25, 0.3) is 0 Å². The van der Waals surface area contributed by atoms with Gasteiger partial charge >= 0.3 is 5.97 Å². The molecule has 7 heteroatoms. The van der Waals surface area contributed by atoms with Gasteiger partial charge in [-0.05, 0) is 32.6 Å². The van der Waals surface area contributed by atoms with E-state index >= 15 is 0 Å². The van der Waals surface area contributed by atoms with E-state index in [0.717, 1.165) is 0 Å². The third-order valence-electron chi connectivity index (χ3n) is 3.91. The summed E-state index contributed by atoms with van der Waals surface area (Å²) in [7, 11) is 0. The van der Waals surface area contributed by atoms with Crippen LogP contribution in [0.15, 0.2) is 10.9 Å². The van der Waals surface area contributed by atoms with Crippen molar-refractivity contribution in [1.82, 2.24) is 15.5 Å². The number of ether oxygens (including phenoxy) is 1. The molecule has 1 fully saturated rings. The van der Waals surface area contributed by atoms with E-state index in [9.17, 15) is 9.90 Å². The van der Waals surface area contributed by atoms with Crippen LogP contribution in [-0.2, 0) is 16.0 Å². The highest BCUT2D eigenvalue weighted by atomic mass is 16.5. The molecule has 0 radical (unpaired) electrons. The number of nitrogens with zero attached hydrogens (tertiary/aromatic N) is 2. The second-order valence-electron chi connectivity index (χ2n) is 5.51. The van der Waals surface area contributed by atoms with Crippen LogP contribution in [0.2, 0.25) is 0 Å². The van der Waals surface area contributed by atoms with Crippen molar-refractivity contribution in [2.24, 2.45) is 5.92 Å². The lowest BCUT2D eigenvalue weighted by molar-refractivity contribution is -0.151. The normalized spacial score (nSPS) is 25.7. The molecule has 1 aliphatic carbocycles. The summed E-state index contributed by atoms with van der Waals surface area (Å²) in [6.07, 6.45) is 4.61. The van der Waals surface area contributed by atoms with Crippen molar-refractivity contribution in [3.8, 4) is 0 Å². The van der Waals surface area contributed by atoms with Crippen molar-refractivity contribution >= 4 is 5.97 Å². The van der Waals surface area contributed by atoms with Gasteiger partial charge in [0.1, 0.15) is 0 Å². The van der Waals surface area contributed by atoms with Gasteiger partial charge in [-0.2, -0.15) is 4.98 Å². The lowest BCUT2D eigenvalue weighted by Gasteiger charge is -2.35. The predicted octanol–water partition coefficient (Wildman–Crippen LogP) is 0.686. The Morgan fingerprint density at radius 1 is 1.57 bits per heavy atom. The molecule has 0 aromatic carbocycles. The minimum Gasteiger partial charge on any atom is -0.466 e. The number of hydrogen-bond donors (Lipinski definition) is 2. The first-order valence-electron chi connectivity index (χ1n) is 7.48. The van der Waals surface area contributed by atoms with E-state index in [-0.39, 0.29) is 11.9 Å². The third kappa shape index (κ3) is 4.78. The Kier molecular flexibility index (Phi) is 5.69. The molecule has 0 amide bonds. The summed E-state index contributed by atoms with van der Waals surface area (Å²) < 4.78 is 9.93. The molecule has 0 aliphatic heterocycles. The van der Waals surface area contributed by atoms with Crippen LogP contribution in [0.5, 0.6) is 0 Å². The molecule has 0 spiro atoms. The SMILES string of the molecule is CCOC(=O)C1CCC(O)(CNCCc2ncno2)CC1. The van der Waals surface area contributed by atoms with Crippen LogP contribution >= 0.6 is 0 Å². The molecule has 2 rings (SSSR count). The fraction of sp³-hybridized carbons (Fsp3) is 0.786. The highest BCUT2D eigenvalue weighted by Crippen LogP contribution is 2.32. The van der Waals surface area contributed by atoms with Gasteiger partial charge in [0.15, 0.2) is 6.33 Å². The van der Waals surface area contributed by atoms with E-state index in [1.165, 1.54) is 6.33 Å². The van der Waals surface area contributed by atoms with Crippen LogP contribution in [-0.4, -0.2) is 46.5 Å². The van der Waals surface area contributed by atoms with E-state index in [0.29, 0.717) is 57.7 Å². The quantitative estimate of drug-likeness (QED) is 0.564. The van der Waals surface area contributed by atoms with Gasteiger partial charge in [0, 0.05) is 19.5 Å². The minimum atomic E-state index is -0.738. The van der Waals surface area contributed by atoms with Crippen molar-refractivity contribution < 1.29 is 19.2 Å². The van der Waals surface area contributed by atoms with Gasteiger partial charge in [0.2, 0.25) is 5.89 Å². The van der Waals surface area contributed by atoms with Crippen molar-refractivity contribution in [3.05, 3.63) is 12.2 Å². The summed E-state index contributed by atoms with van der Waals surface area (Å²) in [4.78, 5) is 15.6. The topological polar surface area (TPSA) is 97.5 Å². The monoisotopic (exact) mass is 297 g/mol. The smallest absolute Gasteiger partial charge is 0.308 e. The Morgan fingerprint density at radius 3 is 2.95 bits per heavy atom. The molecular weight excluding hydrogens is 274 g/mol. The molecular formula is C14H23N3O4. The molecule has 1 saturated carbocycles. The van der Waals surface area contributed by atoms with Gasteiger partial charge in [-0.25, -0.2) is 0 Å². The number of carbonyl (C=O) groups excluding carboxylic acids is 1. The van der Waals surface area contributed by atoms with Gasteiger partial charge in [0.05, 0.1) is 18.1 Å². The minimum absolute atomic E-state index is 0.0661. The van der Waals surface area contributed by atoms with E-state index < -0.39 is 5.60 Å². The molecule has 0 saturated heterocycles. The summed E-state index contributed by atoms with van der Waals surface area (Å²) in [5.74, 6) is 0.382. The van der Waals surface area contributed by atoms with E-state index in [1.54, 1.807) is 0 Å². The molecule has 0 bridgehead atoms. The maximum atomic E-state index is 11.7. The second kappa shape index (κ2) is 7.51. The number of hydrogen-bond acceptors (Lipinski definition) is 7. The van der Waals surface area contributed by atoms with Crippen LogP contribution in [0, 0.1) is 5.92 Å². The van der Waals surface area contributed by atoms with Gasteiger partial charge < -0.3 is 19.7 Å². The molecule has 21 heavy (non-hydrogen) atoms. The van der Waals surface area contributed by atoms with Crippen LogP contribution in [0.4, 0.5) is 0 Å². The zero-order chi connectivity index (χ0) is 15.1. The molecule has 1 heterocycles. The predicted molar refractivity (Wildman–Crippen MR) is 74.4 cm³/mol. The third-order valence-corrected chi connectivity index (χ3v) is 3.91. The lowest BCUT2D eigenvalue weighted by Crippen LogP contribution is -2.45. The van der Waals surface area contributed by atoms with Crippen LogP contribution in [0.25, 0.3) is 0 Å². The number of esters is 1. The largest absolute Gasteiger partial charge is 0.466 e. The molecule has 1 aromatic heterocycles. The first-order valence-corrected chi connectivity index (χ1v) is 7.48. The summed E-state index contributed by atoms with van der Waals surface area (Å²) in [6, 6.07) is 0. The van der Waals surface area contributed by atoms with E-state index in [4.69, 9.17) is 9.26 Å². The zero-order valence-corrected chi connectivity index (χ0v) is 12.4. The molecule has 0 atom stereocenters. The fourth-order valence-corrected chi connectivity index (χ4v) is 2.65. The van der Waals surface area contributed by atoms with E-state index in [1.807, 2.05) is 6.92 Å². The second-order valence-corrected chi connectivity index (χ2v) is 5.51. The van der Waals surface area contributed by atoms with Crippen LogP contribution in [0.1, 0.15) is 38.5 Å². The van der Waals surface area contributed by atoms with Crippen molar-refractivity contribution in [2.45, 2.75) is 44.6 Å². The Bertz CT molecular complexity index is 427. The summed E-state index contributed by atoms with van der Waals surface area (Å²) in [5.41, 5.74) is -0.738. The molecule has 0 unspecified atom stereocenters. The first kappa shape index (κ1) is 15.9. The maximum Gasteiger partial charge on any atom is 0.308 e. The fourth-order valence-electron chi connectivity index (χ4n) is 2.65. The van der Waals surface area contributed by atoms with Crippen LogP contribution in [0.3, 0.4) is 0 Å². The zero-order valence-electron chi connectivity index (χ0n) is 12.4.